The number of nitriles is 2. The van der Waals surface area contributed by atoms with Crippen molar-refractivity contribution in [2.45, 2.75) is 0 Å². The lowest BCUT2D eigenvalue weighted by Crippen LogP contribution is -2.03. The standard InChI is InChI=1S/C49H27N7/c1-52-41-28-33(45-40(30-51)44(31-15-5-2-6-16-31)53-49(54-45)32-17-7-3-8-18-32)27-34(29-50)46(41)56-43-24-14-12-22-37(43)39-26-25-38-36-21-11-13-23-42(36)55(47(38)48(39)56)35-19-9-4-10-20-35/h2-28H. The third kappa shape index (κ3) is 4.88. The first-order valence-electron chi connectivity index (χ1n) is 18.1. The lowest BCUT2D eigenvalue weighted by molar-refractivity contribution is 1.14. The van der Waals surface area contributed by atoms with Crippen molar-refractivity contribution in [3.63, 3.8) is 0 Å². The topological polar surface area (TPSA) is 87.6 Å². The van der Waals surface area contributed by atoms with Crippen molar-refractivity contribution in [3.8, 4) is 57.4 Å². The largest absolute Gasteiger partial charge is 0.316 e. The number of nitrogens with zero attached hydrogens (tertiary/aromatic N) is 7. The highest BCUT2D eigenvalue weighted by atomic mass is 15.1. The Morgan fingerprint density at radius 1 is 0.500 bits per heavy atom. The third-order valence-electron chi connectivity index (χ3n) is 10.4. The van der Waals surface area contributed by atoms with Crippen molar-refractivity contribution in [1.82, 2.24) is 19.1 Å². The van der Waals surface area contributed by atoms with Gasteiger partial charge in [0, 0.05) is 38.4 Å². The van der Waals surface area contributed by atoms with Crippen LogP contribution in [0.4, 0.5) is 5.69 Å². The van der Waals surface area contributed by atoms with Crippen LogP contribution < -0.4 is 0 Å². The average molecular weight is 714 g/mol. The summed E-state index contributed by atoms with van der Waals surface area (Å²) in [5.74, 6) is 0.434. The molecule has 0 amide bonds. The Balaban J connectivity index is 1.32. The number of hydrogen-bond acceptors (Lipinski definition) is 4. The normalized spacial score (nSPS) is 11.2. The number of rotatable bonds is 5. The molecule has 10 aromatic rings. The summed E-state index contributed by atoms with van der Waals surface area (Å²) in [4.78, 5) is 14.0. The Hall–Kier alpha value is -8.31. The van der Waals surface area contributed by atoms with Gasteiger partial charge in [0.25, 0.3) is 0 Å². The van der Waals surface area contributed by atoms with E-state index < -0.39 is 0 Å². The van der Waals surface area contributed by atoms with Gasteiger partial charge in [-0.15, -0.1) is 0 Å². The molecule has 0 aliphatic carbocycles. The molecular weight excluding hydrogens is 687 g/mol. The summed E-state index contributed by atoms with van der Waals surface area (Å²) >= 11 is 0. The Morgan fingerprint density at radius 3 is 1.61 bits per heavy atom. The molecule has 0 aliphatic rings. The fraction of sp³-hybridized carbons (Fsp3) is 0. The Morgan fingerprint density at radius 2 is 1.02 bits per heavy atom. The Kier molecular flexibility index (Phi) is 7.49. The average Bonchev–Trinajstić information content (AvgIpc) is 3.79. The number of para-hydroxylation sites is 3. The zero-order valence-corrected chi connectivity index (χ0v) is 29.7. The first kappa shape index (κ1) is 32.3. The maximum atomic E-state index is 11.0. The summed E-state index contributed by atoms with van der Waals surface area (Å²) in [6, 6.07) is 58.5. The second-order valence-corrected chi connectivity index (χ2v) is 13.5. The monoisotopic (exact) mass is 713 g/mol. The predicted molar refractivity (Wildman–Crippen MR) is 223 cm³/mol. The first-order valence-corrected chi connectivity index (χ1v) is 18.1. The minimum atomic E-state index is 0.256. The predicted octanol–water partition coefficient (Wildman–Crippen LogP) is 12.0. The van der Waals surface area contributed by atoms with E-state index >= 15 is 0 Å². The van der Waals surface area contributed by atoms with Gasteiger partial charge in [0.15, 0.2) is 5.82 Å². The first-order chi connectivity index (χ1) is 27.7. The highest BCUT2D eigenvalue weighted by molar-refractivity contribution is 6.24. The molecule has 0 aliphatic heterocycles. The van der Waals surface area contributed by atoms with Crippen LogP contribution in [0.1, 0.15) is 11.1 Å². The second kappa shape index (κ2) is 13.0. The van der Waals surface area contributed by atoms with Crippen LogP contribution in [0, 0.1) is 29.2 Å². The SMILES string of the molecule is [C-]#[N+]c1cc(-c2nc(-c3ccccc3)nc(-c3ccccc3)c2C#N)cc(C#N)c1-n1c2ccccc2c2ccc3c4ccccc4n(-c4ccccc4)c3c21. The van der Waals surface area contributed by atoms with E-state index in [2.05, 4.69) is 74.6 Å². The third-order valence-corrected chi connectivity index (χ3v) is 10.4. The molecule has 0 unspecified atom stereocenters. The van der Waals surface area contributed by atoms with Crippen LogP contribution in [0.5, 0.6) is 0 Å². The van der Waals surface area contributed by atoms with Gasteiger partial charge in [-0.3, -0.25) is 0 Å². The van der Waals surface area contributed by atoms with Crippen LogP contribution in [-0.4, -0.2) is 19.1 Å². The molecular formula is C49H27N7. The van der Waals surface area contributed by atoms with E-state index in [1.54, 1.807) is 12.1 Å². The summed E-state index contributed by atoms with van der Waals surface area (Å²) in [7, 11) is 0. The van der Waals surface area contributed by atoms with Crippen LogP contribution in [-0.2, 0) is 0 Å². The second-order valence-electron chi connectivity index (χ2n) is 13.5. The Bertz CT molecular complexity index is 3290. The molecule has 0 spiro atoms. The molecule has 7 heteroatoms. The molecule has 0 N–H and O–H groups in total. The van der Waals surface area contributed by atoms with Crippen LogP contribution in [0.3, 0.4) is 0 Å². The summed E-state index contributed by atoms with van der Waals surface area (Å²) in [5, 5.41) is 25.9. The number of benzene rings is 7. The van der Waals surface area contributed by atoms with Crippen molar-refractivity contribution in [2.75, 3.05) is 0 Å². The number of fused-ring (bicyclic) bond motifs is 7. The van der Waals surface area contributed by atoms with Crippen molar-refractivity contribution in [1.29, 1.82) is 10.5 Å². The quantitative estimate of drug-likeness (QED) is 0.166. The van der Waals surface area contributed by atoms with Gasteiger partial charge in [-0.2, -0.15) is 10.5 Å². The molecule has 0 fully saturated rings. The van der Waals surface area contributed by atoms with E-state index in [4.69, 9.17) is 16.5 Å². The van der Waals surface area contributed by atoms with E-state index in [1.807, 2.05) is 103 Å². The molecule has 0 atom stereocenters. The Labute approximate surface area is 321 Å². The van der Waals surface area contributed by atoms with Gasteiger partial charge in [-0.05, 0) is 42.0 Å². The van der Waals surface area contributed by atoms with Gasteiger partial charge in [-0.25, -0.2) is 14.8 Å². The number of aromatic nitrogens is 4. The molecule has 0 saturated heterocycles. The minimum Gasteiger partial charge on any atom is -0.316 e. The molecule has 0 saturated carbocycles. The maximum Gasteiger partial charge on any atom is 0.212 e. The fourth-order valence-corrected chi connectivity index (χ4v) is 8.04. The zero-order chi connectivity index (χ0) is 37.8. The van der Waals surface area contributed by atoms with Gasteiger partial charge >= 0.3 is 0 Å². The lowest BCUT2D eigenvalue weighted by atomic mass is 9.97. The fourth-order valence-electron chi connectivity index (χ4n) is 8.04. The van der Waals surface area contributed by atoms with Crippen LogP contribution in [0.25, 0.3) is 93.7 Å². The van der Waals surface area contributed by atoms with Crippen molar-refractivity contribution in [2.24, 2.45) is 0 Å². The van der Waals surface area contributed by atoms with E-state index in [0.717, 1.165) is 60.4 Å². The zero-order valence-electron chi connectivity index (χ0n) is 29.7. The highest BCUT2D eigenvalue weighted by Gasteiger charge is 2.26. The van der Waals surface area contributed by atoms with Crippen molar-refractivity contribution >= 4 is 49.3 Å². The summed E-state index contributed by atoms with van der Waals surface area (Å²) in [6.45, 7) is 8.61. The van der Waals surface area contributed by atoms with Crippen molar-refractivity contribution in [3.05, 3.63) is 186 Å². The molecule has 10 rings (SSSR count). The van der Waals surface area contributed by atoms with E-state index in [-0.39, 0.29) is 16.8 Å². The molecule has 56 heavy (non-hydrogen) atoms. The highest BCUT2D eigenvalue weighted by Crippen LogP contribution is 2.45. The summed E-state index contributed by atoms with van der Waals surface area (Å²) in [6.07, 6.45) is 0. The number of hydrogen-bond donors (Lipinski definition) is 0. The molecule has 7 aromatic carbocycles. The van der Waals surface area contributed by atoms with Crippen molar-refractivity contribution < 1.29 is 0 Å². The van der Waals surface area contributed by atoms with Gasteiger partial charge < -0.3 is 9.13 Å². The summed E-state index contributed by atoms with van der Waals surface area (Å²) in [5.41, 5.74) is 8.88. The lowest BCUT2D eigenvalue weighted by Gasteiger charge is -2.17. The smallest absolute Gasteiger partial charge is 0.212 e. The van der Waals surface area contributed by atoms with Gasteiger partial charge in [0.1, 0.15) is 11.6 Å². The van der Waals surface area contributed by atoms with Crippen LogP contribution in [0.15, 0.2) is 164 Å². The van der Waals surface area contributed by atoms with Crippen LogP contribution >= 0.6 is 0 Å². The molecule has 3 heterocycles. The van der Waals surface area contributed by atoms with Crippen LogP contribution in [0.2, 0.25) is 0 Å². The molecule has 258 valence electrons. The van der Waals surface area contributed by atoms with E-state index in [0.29, 0.717) is 28.5 Å². The van der Waals surface area contributed by atoms with Gasteiger partial charge in [0.05, 0.1) is 57.3 Å². The van der Waals surface area contributed by atoms with Gasteiger partial charge in [0.2, 0.25) is 5.69 Å². The molecule has 0 radical (unpaired) electrons. The van der Waals surface area contributed by atoms with Gasteiger partial charge in [-0.1, -0.05) is 127 Å². The maximum absolute atomic E-state index is 11.0. The molecule has 7 nitrogen and oxygen atoms in total. The molecule has 0 bridgehead atoms. The summed E-state index contributed by atoms with van der Waals surface area (Å²) < 4.78 is 4.35. The molecule has 3 aromatic heterocycles. The van der Waals surface area contributed by atoms with E-state index in [9.17, 15) is 10.5 Å². The minimum absolute atomic E-state index is 0.256. The van der Waals surface area contributed by atoms with E-state index in [1.165, 1.54) is 0 Å².